The second kappa shape index (κ2) is 3.69. The van der Waals surface area contributed by atoms with Gasteiger partial charge in [0.1, 0.15) is 0 Å². The second-order valence-corrected chi connectivity index (χ2v) is 2.73. The van der Waals surface area contributed by atoms with Crippen molar-refractivity contribution in [3.05, 3.63) is 29.0 Å². The van der Waals surface area contributed by atoms with E-state index in [0.29, 0.717) is 17.0 Å². The summed E-state index contributed by atoms with van der Waals surface area (Å²) in [5, 5.41) is 9.96. The van der Waals surface area contributed by atoms with Crippen LogP contribution in [-0.2, 0) is 0 Å². The maximum atomic E-state index is 9.39. The van der Waals surface area contributed by atoms with Crippen molar-refractivity contribution in [2.45, 2.75) is 19.4 Å². The fourth-order valence-electron chi connectivity index (χ4n) is 0.855. The molecule has 0 aliphatic heterocycles. The molecular formula is C8H10ClNO. The first-order valence-electron chi connectivity index (χ1n) is 3.53. The van der Waals surface area contributed by atoms with Gasteiger partial charge >= 0.3 is 0 Å². The van der Waals surface area contributed by atoms with E-state index in [4.69, 9.17) is 11.6 Å². The minimum absolute atomic E-state index is 0.490. The lowest BCUT2D eigenvalue weighted by Crippen LogP contribution is -1.96. The van der Waals surface area contributed by atoms with Gasteiger partial charge in [-0.15, -0.1) is 0 Å². The molecule has 0 aliphatic carbocycles. The molecular weight excluding hydrogens is 162 g/mol. The summed E-state index contributed by atoms with van der Waals surface area (Å²) < 4.78 is 0. The van der Waals surface area contributed by atoms with Crippen LogP contribution in [0.3, 0.4) is 0 Å². The van der Waals surface area contributed by atoms with Crippen molar-refractivity contribution in [3.63, 3.8) is 0 Å². The Morgan fingerprint density at radius 3 is 3.00 bits per heavy atom. The molecule has 11 heavy (non-hydrogen) atoms. The highest BCUT2D eigenvalue weighted by Gasteiger charge is 2.07. The first-order chi connectivity index (χ1) is 5.25. The van der Waals surface area contributed by atoms with Crippen LogP contribution in [0.4, 0.5) is 0 Å². The van der Waals surface area contributed by atoms with Gasteiger partial charge in [-0.25, -0.2) is 0 Å². The standard InChI is InChI=1S/C8H10ClNO/c1-2-8(11)6-5-10-4-3-7(6)9/h3-5,8,11H,2H2,1H3/t8-/m1/s1. The summed E-state index contributed by atoms with van der Waals surface area (Å²) in [4.78, 5) is 3.87. The zero-order chi connectivity index (χ0) is 8.27. The van der Waals surface area contributed by atoms with E-state index in [1.54, 1.807) is 18.5 Å². The maximum absolute atomic E-state index is 9.39. The van der Waals surface area contributed by atoms with Gasteiger partial charge in [-0.1, -0.05) is 18.5 Å². The Morgan fingerprint density at radius 1 is 1.73 bits per heavy atom. The molecule has 1 heterocycles. The minimum atomic E-state index is -0.490. The van der Waals surface area contributed by atoms with Crippen molar-refractivity contribution in [1.29, 1.82) is 0 Å². The molecule has 0 saturated carbocycles. The van der Waals surface area contributed by atoms with Crippen molar-refractivity contribution in [1.82, 2.24) is 4.98 Å². The lowest BCUT2D eigenvalue weighted by molar-refractivity contribution is 0.173. The lowest BCUT2D eigenvalue weighted by atomic mass is 10.1. The Bertz CT molecular complexity index is 239. The van der Waals surface area contributed by atoms with Crippen LogP contribution >= 0.6 is 11.6 Å². The third-order valence-corrected chi connectivity index (χ3v) is 1.89. The fraction of sp³-hybridized carbons (Fsp3) is 0.375. The van der Waals surface area contributed by atoms with Gasteiger partial charge in [-0.3, -0.25) is 4.98 Å². The first-order valence-corrected chi connectivity index (χ1v) is 3.91. The minimum Gasteiger partial charge on any atom is -0.388 e. The average Bonchev–Trinajstić information content (AvgIpc) is 2.04. The van der Waals surface area contributed by atoms with Crippen LogP contribution in [0.25, 0.3) is 0 Å². The highest BCUT2D eigenvalue weighted by molar-refractivity contribution is 6.31. The summed E-state index contributed by atoms with van der Waals surface area (Å²) in [7, 11) is 0. The van der Waals surface area contributed by atoms with Crippen molar-refractivity contribution in [2.24, 2.45) is 0 Å². The van der Waals surface area contributed by atoms with E-state index in [1.807, 2.05) is 6.92 Å². The molecule has 1 N–H and O–H groups in total. The quantitative estimate of drug-likeness (QED) is 0.740. The molecule has 1 aromatic rings. The molecule has 0 bridgehead atoms. The van der Waals surface area contributed by atoms with E-state index >= 15 is 0 Å². The number of aromatic nitrogens is 1. The molecule has 0 radical (unpaired) electrons. The van der Waals surface area contributed by atoms with E-state index in [0.717, 1.165) is 0 Å². The van der Waals surface area contributed by atoms with Crippen LogP contribution in [0.5, 0.6) is 0 Å². The molecule has 0 spiro atoms. The molecule has 0 saturated heterocycles. The maximum Gasteiger partial charge on any atom is 0.0816 e. The van der Waals surface area contributed by atoms with Crippen LogP contribution in [0.2, 0.25) is 5.02 Å². The topological polar surface area (TPSA) is 33.1 Å². The van der Waals surface area contributed by atoms with Crippen LogP contribution in [0.1, 0.15) is 25.0 Å². The third-order valence-electron chi connectivity index (χ3n) is 1.54. The SMILES string of the molecule is CC[C@@H](O)c1cnccc1Cl. The van der Waals surface area contributed by atoms with Crippen LogP contribution < -0.4 is 0 Å². The van der Waals surface area contributed by atoms with E-state index in [1.165, 1.54) is 0 Å². The molecule has 0 aliphatic rings. The summed E-state index contributed by atoms with van der Waals surface area (Å²) in [6.45, 7) is 1.90. The Balaban J connectivity index is 2.93. The lowest BCUT2D eigenvalue weighted by Gasteiger charge is -2.07. The summed E-state index contributed by atoms with van der Waals surface area (Å²) in [6, 6.07) is 1.68. The molecule has 0 fully saturated rings. The Morgan fingerprint density at radius 2 is 2.45 bits per heavy atom. The fourth-order valence-corrected chi connectivity index (χ4v) is 1.09. The van der Waals surface area contributed by atoms with Gasteiger partial charge in [0.15, 0.2) is 0 Å². The first kappa shape index (κ1) is 8.50. The van der Waals surface area contributed by atoms with Gasteiger partial charge in [0.2, 0.25) is 0 Å². The molecule has 1 aromatic heterocycles. The molecule has 60 valence electrons. The molecule has 0 unspecified atom stereocenters. The van der Waals surface area contributed by atoms with E-state index in [2.05, 4.69) is 4.98 Å². The monoisotopic (exact) mass is 171 g/mol. The molecule has 3 heteroatoms. The largest absolute Gasteiger partial charge is 0.388 e. The molecule has 0 amide bonds. The van der Waals surface area contributed by atoms with Gasteiger partial charge < -0.3 is 5.11 Å². The number of nitrogens with zero attached hydrogens (tertiary/aromatic N) is 1. The van der Waals surface area contributed by atoms with E-state index < -0.39 is 6.10 Å². The molecule has 1 atom stereocenters. The smallest absolute Gasteiger partial charge is 0.0816 e. The Kier molecular flexibility index (Phi) is 2.85. The zero-order valence-corrected chi connectivity index (χ0v) is 7.04. The van der Waals surface area contributed by atoms with Crippen molar-refractivity contribution in [2.75, 3.05) is 0 Å². The van der Waals surface area contributed by atoms with Crippen molar-refractivity contribution >= 4 is 11.6 Å². The molecule has 0 aromatic carbocycles. The number of halogens is 1. The third kappa shape index (κ3) is 1.91. The number of hydrogen-bond acceptors (Lipinski definition) is 2. The number of pyridine rings is 1. The van der Waals surface area contributed by atoms with Gasteiger partial charge in [-0.05, 0) is 12.5 Å². The number of aliphatic hydroxyl groups is 1. The van der Waals surface area contributed by atoms with Crippen LogP contribution in [0, 0.1) is 0 Å². The highest BCUT2D eigenvalue weighted by Crippen LogP contribution is 2.22. The average molecular weight is 172 g/mol. The molecule has 2 nitrogen and oxygen atoms in total. The van der Waals surface area contributed by atoms with E-state index in [-0.39, 0.29) is 0 Å². The normalized spacial score (nSPS) is 13.0. The van der Waals surface area contributed by atoms with Gasteiger partial charge in [-0.2, -0.15) is 0 Å². The van der Waals surface area contributed by atoms with Gasteiger partial charge in [0.05, 0.1) is 6.10 Å². The summed E-state index contributed by atoms with van der Waals surface area (Å²) >= 11 is 5.80. The second-order valence-electron chi connectivity index (χ2n) is 2.32. The predicted molar refractivity (Wildman–Crippen MR) is 44.5 cm³/mol. The summed E-state index contributed by atoms with van der Waals surface area (Å²) in [5.41, 5.74) is 0.705. The zero-order valence-electron chi connectivity index (χ0n) is 6.29. The predicted octanol–water partition coefficient (Wildman–Crippen LogP) is 2.18. The summed E-state index contributed by atoms with van der Waals surface area (Å²) in [5.74, 6) is 0. The number of hydrogen-bond donors (Lipinski definition) is 1. The van der Waals surface area contributed by atoms with E-state index in [9.17, 15) is 5.11 Å². The summed E-state index contributed by atoms with van der Waals surface area (Å²) in [6.07, 6.45) is 3.37. The van der Waals surface area contributed by atoms with Crippen LogP contribution in [0.15, 0.2) is 18.5 Å². The van der Waals surface area contributed by atoms with Gasteiger partial charge in [0, 0.05) is 23.0 Å². The number of aliphatic hydroxyl groups excluding tert-OH is 1. The highest BCUT2D eigenvalue weighted by atomic mass is 35.5. The van der Waals surface area contributed by atoms with Gasteiger partial charge in [0.25, 0.3) is 0 Å². The van der Waals surface area contributed by atoms with Crippen LogP contribution in [-0.4, -0.2) is 10.1 Å². The molecule has 1 rings (SSSR count). The van der Waals surface area contributed by atoms with Crippen molar-refractivity contribution < 1.29 is 5.11 Å². The Hall–Kier alpha value is -0.600. The van der Waals surface area contributed by atoms with Crippen molar-refractivity contribution in [3.8, 4) is 0 Å². The number of rotatable bonds is 2. The Labute approximate surface area is 70.8 Å².